The molecule has 2 aromatic carbocycles. The van der Waals surface area contributed by atoms with E-state index in [1.54, 1.807) is 11.4 Å². The van der Waals surface area contributed by atoms with Crippen LogP contribution in [0.15, 0.2) is 35.1 Å². The minimum atomic E-state index is -4.55. The predicted octanol–water partition coefficient (Wildman–Crippen LogP) is 4.65. The lowest BCUT2D eigenvalue weighted by Gasteiger charge is -2.16. The van der Waals surface area contributed by atoms with Gasteiger partial charge < -0.3 is 20.1 Å². The zero-order valence-electron chi connectivity index (χ0n) is 16.8. The van der Waals surface area contributed by atoms with Crippen molar-refractivity contribution in [1.29, 1.82) is 0 Å². The van der Waals surface area contributed by atoms with Crippen LogP contribution in [0, 0.1) is 12.7 Å². The highest BCUT2D eigenvalue weighted by atomic mass is 79.9. The Bertz CT molecular complexity index is 1160. The Morgan fingerprint density at radius 1 is 1.22 bits per heavy atom. The summed E-state index contributed by atoms with van der Waals surface area (Å²) in [5.74, 6) is -0.810. The van der Waals surface area contributed by atoms with Crippen LogP contribution in [0.5, 0.6) is 11.5 Å². The number of benzene rings is 2. The maximum atomic E-state index is 13.8. The topological polar surface area (TPSA) is 85.4 Å². The van der Waals surface area contributed by atoms with Crippen LogP contribution in [0.2, 0.25) is 0 Å². The first-order chi connectivity index (χ1) is 15.1. The highest BCUT2D eigenvalue weighted by Gasteiger charge is 2.27. The normalized spacial score (nSPS) is 11.3. The molecule has 0 spiro atoms. The van der Waals surface area contributed by atoms with Crippen molar-refractivity contribution in [3.63, 3.8) is 0 Å². The molecule has 1 aromatic heterocycles. The number of hydrogen-bond donors (Lipinski definition) is 2. The van der Waals surface area contributed by atoms with Gasteiger partial charge in [-0.25, -0.2) is 14.4 Å². The van der Waals surface area contributed by atoms with E-state index in [0.29, 0.717) is 26.9 Å². The molecule has 3 aromatic rings. The van der Waals surface area contributed by atoms with Crippen molar-refractivity contribution in [2.75, 3.05) is 25.6 Å². The molecule has 32 heavy (non-hydrogen) atoms. The molecule has 170 valence electrons. The molecule has 0 atom stereocenters. The van der Waals surface area contributed by atoms with Crippen LogP contribution in [0.4, 0.5) is 29.1 Å². The summed E-state index contributed by atoms with van der Waals surface area (Å²) in [6.07, 6.45) is -3.22. The first-order valence-electron chi connectivity index (χ1n) is 9.09. The maximum Gasteiger partial charge on any atom is 0.405 e. The van der Waals surface area contributed by atoms with E-state index in [2.05, 4.69) is 31.2 Å². The number of methoxy groups -OCH3 is 1. The zero-order valence-corrected chi connectivity index (χ0v) is 18.4. The third kappa shape index (κ3) is 5.55. The van der Waals surface area contributed by atoms with Crippen molar-refractivity contribution in [3.8, 4) is 11.5 Å². The standard InChI is InChI=1S/C20H17BrF4N4O3/c1-10-17-14(6-12(21)18(10)31-2)27-9-28-19(17)29-13-4-3-11(22)5-15(13)32-7-16(30)26-8-20(23,24)25/h3-6,9H,7-8H2,1-2H3,(H,26,30)(H,27,28,29). The second-order valence-electron chi connectivity index (χ2n) is 6.58. The number of ether oxygens (including phenoxy) is 2. The summed E-state index contributed by atoms with van der Waals surface area (Å²) in [4.78, 5) is 20.1. The number of halogens is 5. The van der Waals surface area contributed by atoms with Gasteiger partial charge in [-0.3, -0.25) is 4.79 Å². The monoisotopic (exact) mass is 516 g/mol. The number of carbonyl (C=O) groups excluding carboxylic acids is 1. The second-order valence-corrected chi connectivity index (χ2v) is 7.43. The fourth-order valence-corrected chi connectivity index (χ4v) is 3.62. The number of fused-ring (bicyclic) bond motifs is 1. The quantitative estimate of drug-likeness (QED) is 0.444. The van der Waals surface area contributed by atoms with Crippen molar-refractivity contribution >= 4 is 44.2 Å². The number of rotatable bonds is 7. The molecule has 0 radical (unpaired) electrons. The molecule has 0 saturated heterocycles. The average molecular weight is 517 g/mol. The number of amides is 1. The van der Waals surface area contributed by atoms with Gasteiger partial charge in [0.05, 0.1) is 22.8 Å². The lowest BCUT2D eigenvalue weighted by atomic mass is 10.1. The molecule has 0 aliphatic heterocycles. The molecule has 1 amide bonds. The van der Waals surface area contributed by atoms with E-state index >= 15 is 0 Å². The molecule has 12 heteroatoms. The van der Waals surface area contributed by atoms with Crippen LogP contribution >= 0.6 is 15.9 Å². The Labute approximate surface area is 188 Å². The van der Waals surface area contributed by atoms with E-state index in [1.807, 2.05) is 6.92 Å². The number of nitrogens with zero attached hydrogens (tertiary/aromatic N) is 2. The van der Waals surface area contributed by atoms with Gasteiger partial charge in [-0.2, -0.15) is 13.2 Å². The molecule has 3 rings (SSSR count). The largest absolute Gasteiger partial charge is 0.495 e. The summed E-state index contributed by atoms with van der Waals surface area (Å²) in [5.41, 5.74) is 1.58. The number of hydrogen-bond acceptors (Lipinski definition) is 6. The lowest BCUT2D eigenvalue weighted by molar-refractivity contribution is -0.139. The number of aryl methyl sites for hydroxylation is 1. The molecular formula is C20H17BrF4N4O3. The molecule has 7 nitrogen and oxygen atoms in total. The SMILES string of the molecule is COc1c(Br)cc2ncnc(Nc3ccc(F)cc3OCC(=O)NCC(F)(F)F)c2c1C. The third-order valence-corrected chi connectivity index (χ3v) is 4.91. The van der Waals surface area contributed by atoms with Gasteiger partial charge in [-0.15, -0.1) is 0 Å². The predicted molar refractivity (Wildman–Crippen MR) is 113 cm³/mol. The van der Waals surface area contributed by atoms with Gasteiger partial charge in [-0.05, 0) is 41.1 Å². The Morgan fingerprint density at radius 2 is 1.97 bits per heavy atom. The summed E-state index contributed by atoms with van der Waals surface area (Å²) < 4.78 is 61.9. The molecular weight excluding hydrogens is 500 g/mol. The zero-order chi connectivity index (χ0) is 23.5. The molecule has 2 N–H and O–H groups in total. The minimum Gasteiger partial charge on any atom is -0.495 e. The van der Waals surface area contributed by atoms with Crippen LogP contribution in [0.3, 0.4) is 0 Å². The van der Waals surface area contributed by atoms with Crippen LogP contribution < -0.4 is 20.1 Å². The number of aromatic nitrogens is 2. The maximum absolute atomic E-state index is 13.8. The van der Waals surface area contributed by atoms with Crippen molar-refractivity contribution < 1.29 is 31.8 Å². The third-order valence-electron chi connectivity index (χ3n) is 4.32. The summed E-state index contributed by atoms with van der Waals surface area (Å²) in [6.45, 7) is -0.418. The Kier molecular flexibility index (Phi) is 7.02. The van der Waals surface area contributed by atoms with E-state index in [9.17, 15) is 22.4 Å². The van der Waals surface area contributed by atoms with Crippen molar-refractivity contribution in [2.45, 2.75) is 13.1 Å². The summed E-state index contributed by atoms with van der Waals surface area (Å²) >= 11 is 3.42. The Hall–Kier alpha value is -3.15. The Balaban J connectivity index is 1.89. The van der Waals surface area contributed by atoms with Gasteiger partial charge in [0.15, 0.2) is 6.61 Å². The van der Waals surface area contributed by atoms with E-state index in [1.165, 1.54) is 19.5 Å². The molecule has 0 bridgehead atoms. The summed E-state index contributed by atoms with van der Waals surface area (Å²) in [7, 11) is 1.52. The lowest BCUT2D eigenvalue weighted by Crippen LogP contribution is -2.36. The molecule has 0 aliphatic rings. The molecule has 0 aliphatic carbocycles. The first kappa shape index (κ1) is 23.5. The van der Waals surface area contributed by atoms with Crippen LogP contribution in [-0.4, -0.2) is 42.3 Å². The van der Waals surface area contributed by atoms with Crippen molar-refractivity contribution in [3.05, 3.63) is 46.4 Å². The highest BCUT2D eigenvalue weighted by Crippen LogP contribution is 2.38. The van der Waals surface area contributed by atoms with E-state index < -0.39 is 31.1 Å². The van der Waals surface area contributed by atoms with Crippen LogP contribution in [0.25, 0.3) is 10.9 Å². The second kappa shape index (κ2) is 9.55. The molecule has 1 heterocycles. The van der Waals surface area contributed by atoms with Gasteiger partial charge in [-0.1, -0.05) is 0 Å². The fraction of sp³-hybridized carbons (Fsp3) is 0.250. The van der Waals surface area contributed by atoms with Gasteiger partial charge in [0.25, 0.3) is 5.91 Å². The Morgan fingerprint density at radius 3 is 2.66 bits per heavy atom. The van der Waals surface area contributed by atoms with Crippen molar-refractivity contribution in [2.24, 2.45) is 0 Å². The number of anilines is 2. The average Bonchev–Trinajstić information content (AvgIpc) is 2.72. The fourth-order valence-electron chi connectivity index (χ4n) is 2.94. The molecule has 0 unspecified atom stereocenters. The number of carbonyl (C=O) groups is 1. The summed E-state index contributed by atoms with van der Waals surface area (Å²) in [5, 5.41) is 5.32. The smallest absolute Gasteiger partial charge is 0.405 e. The first-order valence-corrected chi connectivity index (χ1v) is 9.89. The van der Waals surface area contributed by atoms with Gasteiger partial charge >= 0.3 is 6.18 Å². The van der Waals surface area contributed by atoms with E-state index in [0.717, 1.165) is 17.7 Å². The van der Waals surface area contributed by atoms with Gasteiger partial charge in [0, 0.05) is 17.0 Å². The number of nitrogens with one attached hydrogen (secondary N) is 2. The molecule has 0 fully saturated rings. The van der Waals surface area contributed by atoms with E-state index in [4.69, 9.17) is 9.47 Å². The highest BCUT2D eigenvalue weighted by molar-refractivity contribution is 9.10. The van der Waals surface area contributed by atoms with Gasteiger partial charge in [0.2, 0.25) is 0 Å². The number of alkyl halides is 3. The van der Waals surface area contributed by atoms with Crippen molar-refractivity contribution in [1.82, 2.24) is 15.3 Å². The minimum absolute atomic E-state index is 0.0827. The molecule has 0 saturated carbocycles. The van der Waals surface area contributed by atoms with E-state index in [-0.39, 0.29) is 11.4 Å². The van der Waals surface area contributed by atoms with Crippen LogP contribution in [-0.2, 0) is 4.79 Å². The summed E-state index contributed by atoms with van der Waals surface area (Å²) in [6, 6.07) is 5.28. The van der Waals surface area contributed by atoms with Gasteiger partial charge in [0.1, 0.15) is 36.0 Å². The van der Waals surface area contributed by atoms with Crippen LogP contribution in [0.1, 0.15) is 5.56 Å².